The zero-order valence-electron chi connectivity index (χ0n) is 26.7. The summed E-state index contributed by atoms with van der Waals surface area (Å²) in [5.41, 5.74) is 5.54. The summed E-state index contributed by atoms with van der Waals surface area (Å²) in [6.07, 6.45) is 4.19. The molecule has 0 spiro atoms. The Balaban J connectivity index is 2.02. The number of nitrogens with zero attached hydrogens (tertiary/aromatic N) is 1. The van der Waals surface area contributed by atoms with E-state index < -0.39 is 47.9 Å². The number of nitrogens with two attached hydrogens (primary N) is 1. The van der Waals surface area contributed by atoms with Crippen LogP contribution in [0.1, 0.15) is 84.2 Å². The number of fused-ring (bicyclic) bond motifs is 1. The molecule has 0 aliphatic heterocycles. The summed E-state index contributed by atoms with van der Waals surface area (Å²) in [5.74, 6) is -2.08. The van der Waals surface area contributed by atoms with Crippen molar-refractivity contribution in [1.82, 2.24) is 10.2 Å². The molecule has 3 aromatic rings. The zero-order valence-corrected chi connectivity index (χ0v) is 26.7. The molecule has 3 rings (SSSR count). The van der Waals surface area contributed by atoms with Crippen LogP contribution in [0.4, 0.5) is 10.5 Å². The Morgan fingerprint density at radius 1 is 0.889 bits per heavy atom. The molecular weight excluding hydrogens is 572 g/mol. The fraction of sp³-hybridized carbons (Fsp3) is 0.429. The number of phenols is 1. The lowest BCUT2D eigenvalue weighted by atomic mass is 10.0. The van der Waals surface area contributed by atoms with Crippen molar-refractivity contribution in [1.29, 1.82) is 0 Å². The second-order valence-electron chi connectivity index (χ2n) is 12.2. The Labute approximate surface area is 265 Å². The number of alkyl carbamates (subject to hydrolysis) is 1. The van der Waals surface area contributed by atoms with Crippen molar-refractivity contribution in [2.24, 2.45) is 5.73 Å². The Bertz CT molecular complexity index is 1470. The number of carbonyl (C=O) groups is 4. The molecule has 0 fully saturated rings. The highest BCUT2D eigenvalue weighted by molar-refractivity contribution is 6.01. The number of rotatable bonds is 15. The molecule has 0 bridgehead atoms. The molecule has 0 saturated heterocycles. The van der Waals surface area contributed by atoms with E-state index in [0.29, 0.717) is 17.7 Å². The predicted molar refractivity (Wildman–Crippen MR) is 175 cm³/mol. The molecule has 10 nitrogen and oxygen atoms in total. The average Bonchev–Trinajstić information content (AvgIpc) is 2.96. The maximum absolute atomic E-state index is 14.3. The first-order valence-corrected chi connectivity index (χ1v) is 15.5. The summed E-state index contributed by atoms with van der Waals surface area (Å²) in [6, 6.07) is 16.8. The van der Waals surface area contributed by atoms with Gasteiger partial charge in [0.1, 0.15) is 23.4 Å². The van der Waals surface area contributed by atoms with Crippen LogP contribution in [0.2, 0.25) is 0 Å². The highest BCUT2D eigenvalue weighted by Gasteiger charge is 2.37. The predicted octanol–water partition coefficient (Wildman–Crippen LogP) is 6.18. The van der Waals surface area contributed by atoms with E-state index in [0.717, 1.165) is 42.9 Å². The number of nitrogens with one attached hydrogen (secondary N) is 2. The topological polar surface area (TPSA) is 151 Å². The van der Waals surface area contributed by atoms with Crippen molar-refractivity contribution in [3.63, 3.8) is 0 Å². The van der Waals surface area contributed by atoms with E-state index in [-0.39, 0.29) is 12.3 Å². The van der Waals surface area contributed by atoms with Gasteiger partial charge in [0.15, 0.2) is 0 Å². The van der Waals surface area contributed by atoms with Crippen LogP contribution in [-0.2, 0) is 19.1 Å². The first kappa shape index (κ1) is 34.9. The highest BCUT2D eigenvalue weighted by Crippen LogP contribution is 2.29. The zero-order chi connectivity index (χ0) is 33.0. The lowest BCUT2D eigenvalue weighted by Gasteiger charge is -2.34. The molecule has 45 heavy (non-hydrogen) atoms. The lowest BCUT2D eigenvalue weighted by Crippen LogP contribution is -2.53. The molecule has 0 aliphatic rings. The van der Waals surface area contributed by atoms with Gasteiger partial charge in [-0.25, -0.2) is 4.79 Å². The SMILES string of the molecule is CCCCCCCCN(C(=O)C(CC(N)=O)NC(=O)OC(C)(C)C)C(C(=O)Nc1ccc2ccccc2c1)c1cccc(O)c1. The Morgan fingerprint density at radius 2 is 1.58 bits per heavy atom. The molecule has 10 heteroatoms. The molecule has 0 heterocycles. The van der Waals surface area contributed by atoms with Crippen LogP contribution >= 0.6 is 0 Å². The molecule has 242 valence electrons. The normalized spacial score (nSPS) is 12.6. The fourth-order valence-corrected chi connectivity index (χ4v) is 5.13. The van der Waals surface area contributed by atoms with Gasteiger partial charge in [0.2, 0.25) is 11.8 Å². The van der Waals surface area contributed by atoms with Gasteiger partial charge < -0.3 is 31.1 Å². The van der Waals surface area contributed by atoms with E-state index in [1.54, 1.807) is 39.0 Å². The number of phenolic OH excluding ortho intramolecular Hbond substituents is 1. The number of benzene rings is 3. The summed E-state index contributed by atoms with van der Waals surface area (Å²) < 4.78 is 5.35. The monoisotopic (exact) mass is 618 g/mol. The second kappa shape index (κ2) is 16.5. The molecule has 2 unspecified atom stereocenters. The standard InChI is InChI=1S/C35H46N4O6/c1-5-6-7-8-9-12-20-39(33(43)29(23-30(36)41)38-34(44)45-35(2,3)4)31(26-16-13-17-28(40)22-26)32(42)37-27-19-18-24-14-10-11-15-25(24)21-27/h10-11,13-19,21-22,29,31,40H,5-9,12,20,23H2,1-4H3,(H2,36,41)(H,37,42)(H,38,44). The number of carbonyl (C=O) groups excluding carboxylic acids is 4. The van der Waals surface area contributed by atoms with Crippen LogP contribution in [0, 0.1) is 0 Å². The molecule has 0 saturated carbocycles. The van der Waals surface area contributed by atoms with Gasteiger partial charge in [0.25, 0.3) is 5.91 Å². The quantitative estimate of drug-likeness (QED) is 0.149. The number of hydrogen-bond acceptors (Lipinski definition) is 6. The van der Waals surface area contributed by atoms with Crippen molar-refractivity contribution in [2.75, 3.05) is 11.9 Å². The Morgan fingerprint density at radius 3 is 2.24 bits per heavy atom. The first-order chi connectivity index (χ1) is 21.4. The van der Waals surface area contributed by atoms with Crippen molar-refractivity contribution in [2.45, 2.75) is 90.3 Å². The number of amides is 4. The van der Waals surface area contributed by atoms with Crippen LogP contribution in [0.5, 0.6) is 5.75 Å². The van der Waals surface area contributed by atoms with E-state index in [1.807, 2.05) is 36.4 Å². The van der Waals surface area contributed by atoms with Crippen LogP contribution in [0.25, 0.3) is 10.8 Å². The third-order valence-electron chi connectivity index (χ3n) is 7.19. The van der Waals surface area contributed by atoms with Gasteiger partial charge >= 0.3 is 6.09 Å². The number of primary amides is 1. The van der Waals surface area contributed by atoms with E-state index in [2.05, 4.69) is 17.6 Å². The molecule has 0 aliphatic carbocycles. The summed E-state index contributed by atoms with van der Waals surface area (Å²) in [5, 5.41) is 17.7. The molecule has 5 N–H and O–H groups in total. The molecule has 3 aromatic carbocycles. The highest BCUT2D eigenvalue weighted by atomic mass is 16.6. The summed E-state index contributed by atoms with van der Waals surface area (Å²) in [7, 11) is 0. The molecular formula is C35H46N4O6. The van der Waals surface area contributed by atoms with Gasteiger partial charge in [-0.1, -0.05) is 81.5 Å². The largest absolute Gasteiger partial charge is 0.508 e. The van der Waals surface area contributed by atoms with Gasteiger partial charge in [0.05, 0.1) is 6.42 Å². The molecule has 0 radical (unpaired) electrons. The maximum atomic E-state index is 14.3. The number of hydrogen-bond donors (Lipinski definition) is 4. The van der Waals surface area contributed by atoms with Gasteiger partial charge in [0, 0.05) is 12.2 Å². The number of unbranched alkanes of at least 4 members (excludes halogenated alkanes) is 5. The molecule has 2 atom stereocenters. The van der Waals surface area contributed by atoms with E-state index in [9.17, 15) is 24.3 Å². The van der Waals surface area contributed by atoms with Crippen molar-refractivity contribution >= 4 is 40.3 Å². The van der Waals surface area contributed by atoms with Crippen LogP contribution in [0.3, 0.4) is 0 Å². The number of ether oxygens (including phenoxy) is 1. The summed E-state index contributed by atoms with van der Waals surface area (Å²) >= 11 is 0. The van der Waals surface area contributed by atoms with Gasteiger partial charge in [-0.2, -0.15) is 0 Å². The van der Waals surface area contributed by atoms with Gasteiger partial charge in [-0.15, -0.1) is 0 Å². The maximum Gasteiger partial charge on any atom is 0.408 e. The summed E-state index contributed by atoms with van der Waals surface area (Å²) in [6.45, 7) is 7.32. The summed E-state index contributed by atoms with van der Waals surface area (Å²) in [4.78, 5) is 54.6. The Kier molecular flexibility index (Phi) is 12.8. The van der Waals surface area contributed by atoms with Crippen LogP contribution in [0.15, 0.2) is 66.7 Å². The fourth-order valence-electron chi connectivity index (χ4n) is 5.13. The minimum Gasteiger partial charge on any atom is -0.508 e. The lowest BCUT2D eigenvalue weighted by molar-refractivity contribution is -0.142. The van der Waals surface area contributed by atoms with Crippen molar-refractivity contribution in [3.05, 3.63) is 72.3 Å². The average molecular weight is 619 g/mol. The van der Waals surface area contributed by atoms with Crippen molar-refractivity contribution < 1.29 is 29.0 Å². The first-order valence-electron chi connectivity index (χ1n) is 15.5. The second-order valence-corrected chi connectivity index (χ2v) is 12.2. The number of anilines is 1. The minimum atomic E-state index is -1.38. The molecule has 4 amide bonds. The third-order valence-corrected chi connectivity index (χ3v) is 7.19. The van der Waals surface area contributed by atoms with Gasteiger partial charge in [-0.05, 0) is 67.8 Å². The third kappa shape index (κ3) is 11.1. The molecule has 0 aromatic heterocycles. The van der Waals surface area contributed by atoms with E-state index >= 15 is 0 Å². The van der Waals surface area contributed by atoms with E-state index in [1.165, 1.54) is 17.0 Å². The minimum absolute atomic E-state index is 0.0801. The van der Waals surface area contributed by atoms with Gasteiger partial charge in [-0.3, -0.25) is 14.4 Å². The van der Waals surface area contributed by atoms with Crippen LogP contribution in [-0.4, -0.2) is 52.0 Å². The Hall–Kier alpha value is -4.60. The van der Waals surface area contributed by atoms with Crippen molar-refractivity contribution in [3.8, 4) is 5.75 Å². The van der Waals surface area contributed by atoms with E-state index in [4.69, 9.17) is 10.5 Å². The smallest absolute Gasteiger partial charge is 0.408 e. The number of aromatic hydroxyl groups is 1. The van der Waals surface area contributed by atoms with Crippen LogP contribution < -0.4 is 16.4 Å².